The SMILES string of the molecule is COC(=O)c1ccc(O)c([AsH]C(=O)COc2c(C3CCC3)ccc(-c3cnc(N)cn3)c2F)c1. The molecule has 10 heteroatoms. The normalized spacial score (nSPS) is 13.6. The van der Waals surface area contributed by atoms with Crippen LogP contribution in [0.4, 0.5) is 10.2 Å². The number of ether oxygens (including phenoxy) is 2. The Morgan fingerprint density at radius 3 is 2.65 bits per heavy atom. The van der Waals surface area contributed by atoms with Crippen LogP contribution in [-0.2, 0) is 9.53 Å². The molecule has 1 saturated carbocycles. The molecule has 1 aromatic heterocycles. The van der Waals surface area contributed by atoms with Crippen LogP contribution in [0.2, 0.25) is 0 Å². The van der Waals surface area contributed by atoms with Crippen molar-refractivity contribution in [3.8, 4) is 22.8 Å². The van der Waals surface area contributed by atoms with E-state index < -0.39 is 27.5 Å². The number of benzene rings is 2. The van der Waals surface area contributed by atoms with Crippen molar-refractivity contribution in [1.82, 2.24) is 9.97 Å². The van der Waals surface area contributed by atoms with Gasteiger partial charge in [-0.2, -0.15) is 0 Å². The Morgan fingerprint density at radius 1 is 1.21 bits per heavy atom. The maximum absolute atomic E-state index is 15.5. The summed E-state index contributed by atoms with van der Waals surface area (Å²) in [5.74, 6) is -0.818. The van der Waals surface area contributed by atoms with Gasteiger partial charge < -0.3 is 0 Å². The van der Waals surface area contributed by atoms with E-state index in [4.69, 9.17) is 10.5 Å². The quantitative estimate of drug-likeness (QED) is 0.338. The average molecular weight is 527 g/mol. The monoisotopic (exact) mass is 527 g/mol. The summed E-state index contributed by atoms with van der Waals surface area (Å²) in [5.41, 5.74) is 7.05. The van der Waals surface area contributed by atoms with Crippen molar-refractivity contribution in [2.75, 3.05) is 19.5 Å². The predicted octanol–water partition coefficient (Wildman–Crippen LogP) is 2.29. The Balaban J connectivity index is 1.56. The van der Waals surface area contributed by atoms with E-state index in [1.165, 1.54) is 37.7 Å². The van der Waals surface area contributed by atoms with Gasteiger partial charge in [0.25, 0.3) is 0 Å². The Bertz CT molecular complexity index is 1230. The zero-order valence-electron chi connectivity index (χ0n) is 18.4. The molecule has 0 spiro atoms. The molecule has 1 atom stereocenters. The molecule has 0 saturated heterocycles. The fraction of sp³-hybridized carbons (Fsp3) is 0.250. The Hall–Kier alpha value is -3.45. The van der Waals surface area contributed by atoms with Crippen molar-refractivity contribution in [3.63, 3.8) is 0 Å². The molecule has 1 aliphatic carbocycles. The topological polar surface area (TPSA) is 125 Å². The second kappa shape index (κ2) is 10.2. The summed E-state index contributed by atoms with van der Waals surface area (Å²) >= 11 is -1.53. The number of nitrogen functional groups attached to an aromatic ring is 1. The van der Waals surface area contributed by atoms with Gasteiger partial charge in [-0.25, -0.2) is 0 Å². The summed E-state index contributed by atoms with van der Waals surface area (Å²) in [6.07, 6.45) is 5.63. The van der Waals surface area contributed by atoms with Crippen molar-refractivity contribution in [2.24, 2.45) is 0 Å². The molecule has 3 N–H and O–H groups in total. The second-order valence-electron chi connectivity index (χ2n) is 7.86. The zero-order valence-corrected chi connectivity index (χ0v) is 20.5. The van der Waals surface area contributed by atoms with E-state index in [9.17, 15) is 14.7 Å². The van der Waals surface area contributed by atoms with Crippen LogP contribution in [-0.4, -0.2) is 55.1 Å². The number of nitrogens with two attached hydrogens (primary N) is 1. The Labute approximate surface area is 202 Å². The number of aromatic nitrogens is 2. The third-order valence-electron chi connectivity index (χ3n) is 5.66. The molecule has 0 aliphatic heterocycles. The van der Waals surface area contributed by atoms with Crippen molar-refractivity contribution in [2.45, 2.75) is 25.2 Å². The van der Waals surface area contributed by atoms with Gasteiger partial charge in [0.1, 0.15) is 0 Å². The van der Waals surface area contributed by atoms with E-state index in [-0.39, 0.29) is 45.5 Å². The number of phenolic OH excluding ortho intramolecular Hbond substituents is 1. The standard InChI is InChI=1S/C24H23AsFN3O5/c1-33-24(32)14-5-8-19(30)17(9-14)25-20(31)12-34-23-15(13-3-2-4-13)6-7-16(22(23)26)18-10-29-21(27)11-28-18/h5-11,13,25,30H,2-4,12H2,1H3,(H2,27,29). The minimum absolute atomic E-state index is 0.0355. The number of hydrogen-bond donors (Lipinski definition) is 2. The summed E-state index contributed by atoms with van der Waals surface area (Å²) in [4.78, 5) is 32.6. The molecular weight excluding hydrogens is 504 g/mol. The molecule has 3 aromatic rings. The third-order valence-corrected chi connectivity index (χ3v) is 7.95. The molecule has 1 unspecified atom stereocenters. The van der Waals surface area contributed by atoms with E-state index in [0.29, 0.717) is 10.0 Å². The van der Waals surface area contributed by atoms with E-state index in [1.807, 2.05) is 6.07 Å². The molecule has 0 radical (unpaired) electrons. The molecule has 8 nitrogen and oxygen atoms in total. The molecule has 4 rings (SSSR count). The van der Waals surface area contributed by atoms with Gasteiger partial charge in [-0.3, -0.25) is 0 Å². The number of nitrogens with zero attached hydrogens (tertiary/aromatic N) is 2. The Morgan fingerprint density at radius 2 is 2.00 bits per heavy atom. The summed E-state index contributed by atoms with van der Waals surface area (Å²) in [6, 6.07) is 7.67. The van der Waals surface area contributed by atoms with Crippen LogP contribution in [0.1, 0.15) is 41.1 Å². The molecule has 1 fully saturated rings. The van der Waals surface area contributed by atoms with Gasteiger partial charge in [-0.15, -0.1) is 0 Å². The van der Waals surface area contributed by atoms with Crippen LogP contribution in [0.5, 0.6) is 11.5 Å². The summed E-state index contributed by atoms with van der Waals surface area (Å²) in [7, 11) is 1.25. The fourth-order valence-corrected chi connectivity index (χ4v) is 5.49. The predicted molar refractivity (Wildman–Crippen MR) is 125 cm³/mol. The van der Waals surface area contributed by atoms with Crippen molar-refractivity contribution in [3.05, 3.63) is 59.7 Å². The molecule has 2 aromatic carbocycles. The fourth-order valence-electron chi connectivity index (χ4n) is 3.64. The van der Waals surface area contributed by atoms with E-state index in [1.54, 1.807) is 6.07 Å². The number of phenols is 1. The molecule has 0 amide bonds. The van der Waals surface area contributed by atoms with Gasteiger partial charge in [-0.05, 0) is 0 Å². The summed E-state index contributed by atoms with van der Waals surface area (Å²) in [5, 5.41) is 10.1. The third kappa shape index (κ3) is 5.04. The summed E-state index contributed by atoms with van der Waals surface area (Å²) in [6.45, 7) is -0.352. The van der Waals surface area contributed by atoms with Crippen LogP contribution >= 0.6 is 0 Å². The molecular formula is C24H23AsFN3O5. The number of methoxy groups -OCH3 is 1. The van der Waals surface area contributed by atoms with Crippen LogP contribution in [0.25, 0.3) is 11.3 Å². The van der Waals surface area contributed by atoms with Crippen molar-refractivity contribution < 1.29 is 28.6 Å². The number of carbonyl (C=O) groups is 2. The Kier molecular flexibility index (Phi) is 7.12. The van der Waals surface area contributed by atoms with Gasteiger partial charge >= 0.3 is 202 Å². The maximum atomic E-state index is 15.5. The summed E-state index contributed by atoms with van der Waals surface area (Å²) < 4.78 is 26.1. The van der Waals surface area contributed by atoms with E-state index >= 15 is 4.39 Å². The van der Waals surface area contributed by atoms with Crippen molar-refractivity contribution >= 4 is 36.5 Å². The first kappa shape index (κ1) is 23.7. The zero-order chi connectivity index (χ0) is 24.2. The van der Waals surface area contributed by atoms with Gasteiger partial charge in [0.2, 0.25) is 0 Å². The van der Waals surface area contributed by atoms with Gasteiger partial charge in [0.05, 0.1) is 0 Å². The average Bonchev–Trinajstić information content (AvgIpc) is 2.79. The molecule has 1 heterocycles. The van der Waals surface area contributed by atoms with E-state index in [0.717, 1.165) is 24.8 Å². The van der Waals surface area contributed by atoms with Crippen LogP contribution in [0.3, 0.4) is 0 Å². The van der Waals surface area contributed by atoms with E-state index in [2.05, 4.69) is 14.7 Å². The number of hydrogen-bond acceptors (Lipinski definition) is 8. The number of halogens is 1. The number of anilines is 1. The number of aromatic hydroxyl groups is 1. The number of carbonyl (C=O) groups excluding carboxylic acids is 2. The first-order valence-electron chi connectivity index (χ1n) is 10.6. The van der Waals surface area contributed by atoms with Gasteiger partial charge in [-0.1, -0.05) is 0 Å². The van der Waals surface area contributed by atoms with Gasteiger partial charge in [0.15, 0.2) is 0 Å². The molecule has 1 aliphatic rings. The molecule has 0 bridgehead atoms. The minimum atomic E-state index is -1.53. The van der Waals surface area contributed by atoms with Gasteiger partial charge in [0, 0.05) is 0 Å². The van der Waals surface area contributed by atoms with Crippen LogP contribution < -0.4 is 14.8 Å². The van der Waals surface area contributed by atoms with Crippen LogP contribution in [0, 0.1) is 5.82 Å². The van der Waals surface area contributed by atoms with Crippen molar-refractivity contribution in [1.29, 1.82) is 0 Å². The number of rotatable bonds is 8. The molecule has 34 heavy (non-hydrogen) atoms. The molecule has 176 valence electrons. The first-order chi connectivity index (χ1) is 16.4. The van der Waals surface area contributed by atoms with Crippen LogP contribution in [0.15, 0.2) is 42.7 Å². The number of esters is 1. The first-order valence-corrected chi connectivity index (χ1v) is 12.7. The second-order valence-corrected chi connectivity index (χ2v) is 10.7.